The van der Waals surface area contributed by atoms with Gasteiger partial charge in [-0.3, -0.25) is 4.90 Å². The van der Waals surface area contributed by atoms with Crippen LogP contribution in [-0.4, -0.2) is 32.5 Å². The van der Waals surface area contributed by atoms with Gasteiger partial charge in [0.15, 0.2) is 23.0 Å². The van der Waals surface area contributed by atoms with Gasteiger partial charge in [-0.2, -0.15) is 0 Å². The minimum absolute atomic E-state index is 0.321. The summed E-state index contributed by atoms with van der Waals surface area (Å²) in [6.45, 7) is 4.53. The number of fused-ring (bicyclic) bond motifs is 5. The van der Waals surface area contributed by atoms with Crippen LogP contribution in [0.1, 0.15) is 41.1 Å². The summed E-state index contributed by atoms with van der Waals surface area (Å²) in [7, 11) is 3.42. The zero-order chi connectivity index (χ0) is 17.8. The van der Waals surface area contributed by atoms with E-state index in [9.17, 15) is 0 Å². The number of benzene rings is 2. The van der Waals surface area contributed by atoms with E-state index in [2.05, 4.69) is 30.0 Å². The van der Waals surface area contributed by atoms with Crippen LogP contribution < -0.4 is 18.9 Å². The van der Waals surface area contributed by atoms with E-state index in [1.54, 1.807) is 14.2 Å². The summed E-state index contributed by atoms with van der Waals surface area (Å²) < 4.78 is 22.4. The average Bonchev–Trinajstić information content (AvgIpc) is 3.12. The Morgan fingerprint density at radius 3 is 2.62 bits per heavy atom. The van der Waals surface area contributed by atoms with Gasteiger partial charge in [0.2, 0.25) is 6.79 Å². The number of rotatable bonds is 2. The van der Waals surface area contributed by atoms with Gasteiger partial charge in [-0.15, -0.1) is 0 Å². The van der Waals surface area contributed by atoms with Crippen LogP contribution in [0.2, 0.25) is 0 Å². The molecule has 136 valence electrons. The number of hydrogen-bond acceptors (Lipinski definition) is 5. The van der Waals surface area contributed by atoms with Gasteiger partial charge in [0.1, 0.15) is 0 Å². The average molecular weight is 353 g/mol. The summed E-state index contributed by atoms with van der Waals surface area (Å²) in [5.74, 6) is 3.78. The van der Waals surface area contributed by atoms with Gasteiger partial charge >= 0.3 is 0 Å². The van der Waals surface area contributed by atoms with Crippen molar-refractivity contribution >= 4 is 0 Å². The van der Waals surface area contributed by atoms with Gasteiger partial charge in [0.25, 0.3) is 0 Å². The molecule has 0 amide bonds. The van der Waals surface area contributed by atoms with E-state index in [0.29, 0.717) is 18.8 Å². The van der Waals surface area contributed by atoms with Gasteiger partial charge in [0.05, 0.1) is 14.2 Å². The number of nitrogens with zero attached hydrogens (tertiary/aromatic N) is 1. The molecule has 2 atom stereocenters. The number of ether oxygens (including phenoxy) is 4. The molecule has 0 radical (unpaired) electrons. The van der Waals surface area contributed by atoms with Crippen molar-refractivity contribution in [3.63, 3.8) is 0 Å². The third-order valence-electron chi connectivity index (χ3n) is 6.02. The van der Waals surface area contributed by atoms with Crippen molar-refractivity contribution in [2.45, 2.75) is 31.8 Å². The quantitative estimate of drug-likeness (QED) is 0.824. The third kappa shape index (κ3) is 2.13. The van der Waals surface area contributed by atoms with E-state index >= 15 is 0 Å². The van der Waals surface area contributed by atoms with E-state index in [-0.39, 0.29) is 0 Å². The predicted octanol–water partition coefficient (Wildman–Crippen LogP) is 3.65. The van der Waals surface area contributed by atoms with E-state index in [1.807, 2.05) is 6.07 Å². The number of hydrogen-bond donors (Lipinski definition) is 0. The van der Waals surface area contributed by atoms with Crippen LogP contribution >= 0.6 is 0 Å². The SMILES string of the molecule is COc1ccc2c(c1OC)CN1CCc3cc4c(cc3[C@@H]1[C@@H]2C)OCO4. The van der Waals surface area contributed by atoms with Crippen LogP contribution in [0.3, 0.4) is 0 Å². The molecule has 2 aromatic rings. The Labute approximate surface area is 153 Å². The molecule has 2 aromatic carbocycles. The maximum absolute atomic E-state index is 5.70. The van der Waals surface area contributed by atoms with Crippen molar-refractivity contribution in [2.75, 3.05) is 27.6 Å². The molecule has 0 spiro atoms. The molecule has 0 unspecified atom stereocenters. The monoisotopic (exact) mass is 353 g/mol. The molecule has 0 saturated heterocycles. The highest BCUT2D eigenvalue weighted by Gasteiger charge is 2.39. The fourth-order valence-electron chi connectivity index (χ4n) is 4.82. The van der Waals surface area contributed by atoms with E-state index < -0.39 is 0 Å². The summed E-state index contributed by atoms with van der Waals surface area (Å²) in [6.07, 6.45) is 1.02. The van der Waals surface area contributed by atoms with E-state index in [0.717, 1.165) is 42.5 Å². The second kappa shape index (κ2) is 5.81. The van der Waals surface area contributed by atoms with Crippen LogP contribution in [-0.2, 0) is 13.0 Å². The van der Waals surface area contributed by atoms with Crippen molar-refractivity contribution in [1.82, 2.24) is 4.90 Å². The van der Waals surface area contributed by atoms with Crippen LogP contribution in [0.5, 0.6) is 23.0 Å². The molecule has 0 N–H and O–H groups in total. The highest BCUT2D eigenvalue weighted by molar-refractivity contribution is 5.56. The molecule has 0 saturated carbocycles. The van der Waals surface area contributed by atoms with Gasteiger partial charge in [-0.05, 0) is 41.3 Å². The van der Waals surface area contributed by atoms with Crippen molar-refractivity contribution in [3.8, 4) is 23.0 Å². The Bertz CT molecular complexity index is 879. The van der Waals surface area contributed by atoms with Gasteiger partial charge in [0, 0.05) is 30.6 Å². The second-order valence-electron chi connectivity index (χ2n) is 7.23. The van der Waals surface area contributed by atoms with Crippen LogP contribution in [0.4, 0.5) is 0 Å². The molecule has 0 fully saturated rings. The molecule has 3 aliphatic rings. The molecule has 26 heavy (non-hydrogen) atoms. The summed E-state index contributed by atoms with van der Waals surface area (Å²) in [5.41, 5.74) is 5.34. The number of methoxy groups -OCH3 is 2. The van der Waals surface area contributed by atoms with Gasteiger partial charge < -0.3 is 18.9 Å². The first-order valence-electron chi connectivity index (χ1n) is 9.11. The zero-order valence-electron chi connectivity index (χ0n) is 15.4. The Kier molecular flexibility index (Phi) is 3.54. The first-order chi connectivity index (χ1) is 12.7. The maximum atomic E-state index is 5.70. The summed E-state index contributed by atoms with van der Waals surface area (Å²) in [6, 6.07) is 8.93. The minimum atomic E-state index is 0.321. The second-order valence-corrected chi connectivity index (χ2v) is 7.23. The maximum Gasteiger partial charge on any atom is 0.231 e. The van der Waals surface area contributed by atoms with Crippen molar-refractivity contribution in [1.29, 1.82) is 0 Å². The smallest absolute Gasteiger partial charge is 0.231 e. The summed E-state index contributed by atoms with van der Waals surface area (Å²) >= 11 is 0. The van der Waals surface area contributed by atoms with Crippen LogP contribution in [0.15, 0.2) is 24.3 Å². The third-order valence-corrected chi connectivity index (χ3v) is 6.02. The molecule has 3 heterocycles. The first kappa shape index (κ1) is 15.8. The predicted molar refractivity (Wildman–Crippen MR) is 97.4 cm³/mol. The standard InChI is InChI=1S/C21H23NO4/c1-12-14-4-5-17(23-2)21(24-3)16(14)10-22-7-6-13-8-18-19(26-11-25-18)9-15(13)20(12)22/h4-5,8-9,12,20H,6-7,10-11H2,1-3H3/t12-,20+/m1/s1. The molecule has 0 aliphatic carbocycles. The Morgan fingerprint density at radius 1 is 1.04 bits per heavy atom. The topological polar surface area (TPSA) is 40.2 Å². The lowest BCUT2D eigenvalue weighted by atomic mass is 9.77. The normalized spacial score (nSPS) is 23.0. The highest BCUT2D eigenvalue weighted by atomic mass is 16.7. The first-order valence-corrected chi connectivity index (χ1v) is 9.11. The Hall–Kier alpha value is -2.40. The molecule has 5 heteroatoms. The lowest BCUT2D eigenvalue weighted by molar-refractivity contribution is 0.136. The molecule has 5 nitrogen and oxygen atoms in total. The largest absolute Gasteiger partial charge is 0.493 e. The van der Waals surface area contributed by atoms with Crippen LogP contribution in [0, 0.1) is 0 Å². The van der Waals surface area contributed by atoms with Gasteiger partial charge in [-0.25, -0.2) is 0 Å². The van der Waals surface area contributed by atoms with Crippen molar-refractivity contribution in [3.05, 3.63) is 46.5 Å². The van der Waals surface area contributed by atoms with Crippen LogP contribution in [0.25, 0.3) is 0 Å². The van der Waals surface area contributed by atoms with E-state index in [1.165, 1.54) is 22.3 Å². The molecule has 5 rings (SSSR count). The molecular weight excluding hydrogens is 330 g/mol. The van der Waals surface area contributed by atoms with Crippen molar-refractivity contribution in [2.24, 2.45) is 0 Å². The lowest BCUT2D eigenvalue weighted by Crippen LogP contribution is -2.41. The van der Waals surface area contributed by atoms with Crippen molar-refractivity contribution < 1.29 is 18.9 Å². The molecule has 0 bridgehead atoms. The fourth-order valence-corrected chi connectivity index (χ4v) is 4.82. The minimum Gasteiger partial charge on any atom is -0.493 e. The lowest BCUT2D eigenvalue weighted by Gasteiger charge is -2.45. The molecule has 3 aliphatic heterocycles. The zero-order valence-corrected chi connectivity index (χ0v) is 15.4. The summed E-state index contributed by atoms with van der Waals surface area (Å²) in [4.78, 5) is 2.56. The Balaban J connectivity index is 1.62. The molecular formula is C21H23NO4. The Morgan fingerprint density at radius 2 is 1.85 bits per heavy atom. The van der Waals surface area contributed by atoms with Gasteiger partial charge in [-0.1, -0.05) is 13.0 Å². The molecule has 0 aromatic heterocycles. The highest BCUT2D eigenvalue weighted by Crippen LogP contribution is 2.51. The fraction of sp³-hybridized carbons (Fsp3) is 0.429. The summed E-state index contributed by atoms with van der Waals surface area (Å²) in [5, 5.41) is 0. The van der Waals surface area contributed by atoms with E-state index in [4.69, 9.17) is 18.9 Å².